The van der Waals surface area contributed by atoms with Crippen LogP contribution in [0.25, 0.3) is 0 Å². The first kappa shape index (κ1) is 14.3. The maximum Gasteiger partial charge on any atom is 0.0314 e. The summed E-state index contributed by atoms with van der Waals surface area (Å²) in [6.45, 7) is 1.05. The highest BCUT2D eigenvalue weighted by molar-refractivity contribution is 9.10. The van der Waals surface area contributed by atoms with E-state index in [4.69, 9.17) is 0 Å². The number of thiophene rings is 1. The molecular weight excluding hydrogens is 330 g/mol. The molecule has 1 nitrogen and oxygen atoms in total. The van der Waals surface area contributed by atoms with Gasteiger partial charge in [-0.05, 0) is 71.2 Å². The molecule has 3 rings (SSSR count). The maximum atomic E-state index is 3.70. The smallest absolute Gasteiger partial charge is 0.0314 e. The Bertz CT molecular complexity index is 592. The number of likely N-dealkylation sites (N-methyl/N-ethyl adjacent to an activating group) is 1. The first-order valence-electron chi connectivity index (χ1n) is 7.20. The highest BCUT2D eigenvalue weighted by Gasteiger charge is 2.36. The second-order valence-corrected chi connectivity index (χ2v) is 7.54. The summed E-state index contributed by atoms with van der Waals surface area (Å²) in [5.41, 5.74) is 3.35. The molecule has 1 aliphatic carbocycles. The third-order valence-electron chi connectivity index (χ3n) is 4.40. The fourth-order valence-electron chi connectivity index (χ4n) is 3.53. The minimum Gasteiger partial charge on any atom is -0.319 e. The van der Waals surface area contributed by atoms with Gasteiger partial charge in [0.1, 0.15) is 0 Å². The molecular formula is C17H20BrNS. The predicted octanol–water partition coefficient (Wildman–Crippen LogP) is 4.55. The first-order valence-corrected chi connectivity index (χ1v) is 8.87. The molecule has 1 aromatic heterocycles. The van der Waals surface area contributed by atoms with Gasteiger partial charge in [-0.25, -0.2) is 0 Å². The van der Waals surface area contributed by atoms with Crippen molar-refractivity contribution in [1.29, 1.82) is 0 Å². The van der Waals surface area contributed by atoms with Gasteiger partial charge in [0.2, 0.25) is 0 Å². The van der Waals surface area contributed by atoms with Crippen LogP contribution in [0.4, 0.5) is 0 Å². The molecule has 20 heavy (non-hydrogen) atoms. The highest BCUT2D eigenvalue weighted by Crippen LogP contribution is 2.41. The number of halogens is 1. The lowest BCUT2D eigenvalue weighted by Gasteiger charge is -2.39. The van der Waals surface area contributed by atoms with Crippen LogP contribution in [0.5, 0.6) is 0 Å². The van der Waals surface area contributed by atoms with Gasteiger partial charge in [0.25, 0.3) is 0 Å². The van der Waals surface area contributed by atoms with Crippen LogP contribution in [0, 0.1) is 0 Å². The summed E-state index contributed by atoms with van der Waals surface area (Å²) < 4.78 is 1.26. The Balaban J connectivity index is 2.03. The van der Waals surface area contributed by atoms with E-state index in [2.05, 4.69) is 64.0 Å². The van der Waals surface area contributed by atoms with E-state index >= 15 is 0 Å². The van der Waals surface area contributed by atoms with E-state index in [0.717, 1.165) is 13.0 Å². The SMILES string of the molecule is CNCC1(Cc2sccc2Br)CCCc2ccccc21. The number of fused-ring (bicyclic) bond motifs is 1. The van der Waals surface area contributed by atoms with Crippen molar-refractivity contribution in [3.8, 4) is 0 Å². The predicted molar refractivity (Wildman–Crippen MR) is 90.7 cm³/mol. The Kier molecular flexibility index (Phi) is 4.29. The Morgan fingerprint density at radius 3 is 2.90 bits per heavy atom. The molecule has 1 N–H and O–H groups in total. The van der Waals surface area contributed by atoms with Crippen LogP contribution in [0.3, 0.4) is 0 Å². The summed E-state index contributed by atoms with van der Waals surface area (Å²) in [6, 6.07) is 11.2. The standard InChI is InChI=1S/C17H20BrNS/c1-19-12-17(11-16-15(18)8-10-20-16)9-4-6-13-5-2-3-7-14(13)17/h2-3,5,7-8,10,19H,4,6,9,11-12H2,1H3. The largest absolute Gasteiger partial charge is 0.319 e. The fraction of sp³-hybridized carbons (Fsp3) is 0.412. The molecule has 2 aromatic rings. The summed E-state index contributed by atoms with van der Waals surface area (Å²) in [5, 5.41) is 5.62. The summed E-state index contributed by atoms with van der Waals surface area (Å²) in [6.07, 6.45) is 4.92. The normalized spacial score (nSPS) is 21.7. The van der Waals surface area contributed by atoms with Gasteiger partial charge in [-0.2, -0.15) is 0 Å². The van der Waals surface area contributed by atoms with Crippen molar-refractivity contribution in [2.45, 2.75) is 31.1 Å². The lowest BCUT2D eigenvalue weighted by molar-refractivity contribution is 0.346. The molecule has 1 atom stereocenters. The molecule has 1 aromatic carbocycles. The van der Waals surface area contributed by atoms with Crippen LogP contribution in [-0.2, 0) is 18.3 Å². The molecule has 3 heteroatoms. The van der Waals surface area contributed by atoms with Crippen molar-refractivity contribution in [3.05, 3.63) is 56.2 Å². The Morgan fingerprint density at radius 1 is 1.30 bits per heavy atom. The lowest BCUT2D eigenvalue weighted by Crippen LogP contribution is -2.41. The number of aryl methyl sites for hydroxylation is 1. The van der Waals surface area contributed by atoms with Gasteiger partial charge in [-0.15, -0.1) is 11.3 Å². The van der Waals surface area contributed by atoms with Crippen molar-refractivity contribution in [2.24, 2.45) is 0 Å². The molecule has 0 saturated heterocycles. The Hall–Kier alpha value is -0.640. The molecule has 106 valence electrons. The molecule has 0 amide bonds. The van der Waals surface area contributed by atoms with Gasteiger partial charge in [0, 0.05) is 21.3 Å². The minimum atomic E-state index is 0.247. The van der Waals surface area contributed by atoms with Crippen molar-refractivity contribution >= 4 is 27.3 Å². The second kappa shape index (κ2) is 6.00. The van der Waals surface area contributed by atoms with Crippen molar-refractivity contribution < 1.29 is 0 Å². The number of nitrogens with one attached hydrogen (secondary N) is 1. The van der Waals surface area contributed by atoms with Gasteiger partial charge in [-0.1, -0.05) is 24.3 Å². The van der Waals surface area contributed by atoms with Crippen LogP contribution in [0.1, 0.15) is 28.8 Å². The second-order valence-electron chi connectivity index (χ2n) is 5.69. The minimum absolute atomic E-state index is 0.247. The first-order chi connectivity index (χ1) is 9.75. The molecule has 0 aliphatic heterocycles. The Labute approximate surface area is 133 Å². The van der Waals surface area contributed by atoms with Crippen LogP contribution in [0.15, 0.2) is 40.2 Å². The molecule has 0 fully saturated rings. The van der Waals surface area contributed by atoms with E-state index in [1.165, 1.54) is 28.6 Å². The van der Waals surface area contributed by atoms with E-state index in [0.29, 0.717) is 0 Å². The lowest BCUT2D eigenvalue weighted by atomic mass is 9.67. The van der Waals surface area contributed by atoms with Crippen molar-refractivity contribution in [3.63, 3.8) is 0 Å². The molecule has 1 aliphatic rings. The van der Waals surface area contributed by atoms with Crippen LogP contribution >= 0.6 is 27.3 Å². The van der Waals surface area contributed by atoms with Crippen LogP contribution in [-0.4, -0.2) is 13.6 Å². The summed E-state index contributed by atoms with van der Waals surface area (Å²) >= 11 is 5.57. The monoisotopic (exact) mass is 349 g/mol. The summed E-state index contributed by atoms with van der Waals surface area (Å²) in [4.78, 5) is 1.47. The number of benzene rings is 1. The van der Waals surface area contributed by atoms with E-state index in [1.54, 1.807) is 11.1 Å². The Morgan fingerprint density at radius 2 is 2.15 bits per heavy atom. The zero-order valence-electron chi connectivity index (χ0n) is 11.8. The molecule has 1 heterocycles. The number of hydrogen-bond acceptors (Lipinski definition) is 2. The molecule has 1 unspecified atom stereocenters. The third-order valence-corrected chi connectivity index (χ3v) is 6.32. The van der Waals surface area contributed by atoms with E-state index in [-0.39, 0.29) is 5.41 Å². The van der Waals surface area contributed by atoms with Crippen LogP contribution < -0.4 is 5.32 Å². The molecule has 0 spiro atoms. The van der Waals surface area contributed by atoms with E-state index < -0.39 is 0 Å². The van der Waals surface area contributed by atoms with E-state index in [1.807, 2.05) is 11.3 Å². The van der Waals surface area contributed by atoms with Gasteiger partial charge in [-0.3, -0.25) is 0 Å². The topological polar surface area (TPSA) is 12.0 Å². The zero-order chi connectivity index (χ0) is 14.0. The van der Waals surface area contributed by atoms with Gasteiger partial charge in [0.15, 0.2) is 0 Å². The van der Waals surface area contributed by atoms with Crippen LogP contribution in [0.2, 0.25) is 0 Å². The quantitative estimate of drug-likeness (QED) is 0.853. The maximum absolute atomic E-state index is 3.70. The van der Waals surface area contributed by atoms with Gasteiger partial charge < -0.3 is 5.32 Å². The highest BCUT2D eigenvalue weighted by atomic mass is 79.9. The zero-order valence-corrected chi connectivity index (χ0v) is 14.2. The van der Waals surface area contributed by atoms with E-state index in [9.17, 15) is 0 Å². The average Bonchev–Trinajstić information content (AvgIpc) is 2.85. The van der Waals surface area contributed by atoms with Crippen molar-refractivity contribution in [1.82, 2.24) is 5.32 Å². The van der Waals surface area contributed by atoms with Crippen molar-refractivity contribution in [2.75, 3.05) is 13.6 Å². The fourth-order valence-corrected chi connectivity index (χ4v) is 5.17. The summed E-state index contributed by atoms with van der Waals surface area (Å²) in [5.74, 6) is 0. The molecule has 0 saturated carbocycles. The average molecular weight is 350 g/mol. The summed E-state index contributed by atoms with van der Waals surface area (Å²) in [7, 11) is 2.07. The molecule has 0 radical (unpaired) electrons. The molecule has 0 bridgehead atoms. The number of rotatable bonds is 4. The van der Waals surface area contributed by atoms with Gasteiger partial charge >= 0.3 is 0 Å². The van der Waals surface area contributed by atoms with Gasteiger partial charge in [0.05, 0.1) is 0 Å². The number of hydrogen-bond donors (Lipinski definition) is 1. The third kappa shape index (κ3) is 2.59.